The van der Waals surface area contributed by atoms with Crippen LogP contribution >= 0.6 is 11.8 Å². The van der Waals surface area contributed by atoms with Gasteiger partial charge in [0.1, 0.15) is 11.0 Å². The second kappa shape index (κ2) is 6.94. The molecule has 0 saturated heterocycles. The average Bonchev–Trinajstić information content (AvgIpc) is 2.86. The van der Waals surface area contributed by atoms with Gasteiger partial charge < -0.3 is 26.2 Å². The van der Waals surface area contributed by atoms with E-state index in [0.717, 1.165) is 5.56 Å². The maximum atomic E-state index is 11.7. The van der Waals surface area contributed by atoms with E-state index in [1.54, 1.807) is 18.0 Å². The van der Waals surface area contributed by atoms with Crippen LogP contribution in [0.2, 0.25) is 0 Å². The number of fused-ring (bicyclic) bond motifs is 1. The Labute approximate surface area is 125 Å². The van der Waals surface area contributed by atoms with Gasteiger partial charge in [-0.05, 0) is 6.26 Å². The Kier molecular flexibility index (Phi) is 5.23. The number of rotatable bonds is 7. The van der Waals surface area contributed by atoms with E-state index in [4.69, 9.17) is 10.8 Å². The van der Waals surface area contributed by atoms with Crippen LogP contribution in [0.25, 0.3) is 11.0 Å². The number of nitrogens with zero attached hydrogens (tertiary/aromatic N) is 1. The zero-order chi connectivity index (χ0) is 15.4. The van der Waals surface area contributed by atoms with Gasteiger partial charge in [0.25, 0.3) is 5.56 Å². The third kappa shape index (κ3) is 3.56. The van der Waals surface area contributed by atoms with Crippen molar-refractivity contribution in [2.45, 2.75) is 18.7 Å². The van der Waals surface area contributed by atoms with Crippen molar-refractivity contribution in [1.82, 2.24) is 20.3 Å². The summed E-state index contributed by atoms with van der Waals surface area (Å²) in [7, 11) is 0. The molecule has 2 atom stereocenters. The maximum Gasteiger partial charge on any atom is 0.276 e. The molecule has 2 unspecified atom stereocenters. The number of hydrogen-bond donors (Lipinski definition) is 6. The molecular weight excluding hydrogens is 294 g/mol. The number of aliphatic hydroxyl groups excluding tert-OH is 2. The van der Waals surface area contributed by atoms with Gasteiger partial charge in [-0.15, -0.1) is 0 Å². The van der Waals surface area contributed by atoms with Crippen LogP contribution in [-0.2, 0) is 6.54 Å². The Balaban J connectivity index is 2.18. The smallest absolute Gasteiger partial charge is 0.276 e. The molecule has 2 aromatic rings. The van der Waals surface area contributed by atoms with E-state index in [1.807, 2.05) is 6.26 Å². The Morgan fingerprint density at radius 3 is 3.00 bits per heavy atom. The Morgan fingerprint density at radius 1 is 1.57 bits per heavy atom. The van der Waals surface area contributed by atoms with Crippen LogP contribution in [0, 0.1) is 0 Å². The first-order valence-corrected chi connectivity index (χ1v) is 7.83. The molecule has 7 N–H and O–H groups in total. The Hall–Kier alpha value is -1.55. The van der Waals surface area contributed by atoms with Gasteiger partial charge in [0.15, 0.2) is 0 Å². The zero-order valence-corrected chi connectivity index (χ0v) is 12.4. The maximum absolute atomic E-state index is 11.7. The van der Waals surface area contributed by atoms with Crippen molar-refractivity contribution in [3.63, 3.8) is 0 Å². The summed E-state index contributed by atoms with van der Waals surface area (Å²) in [5.74, 6) is 0.713. The molecule has 8 nitrogen and oxygen atoms in total. The molecule has 0 aliphatic heterocycles. The van der Waals surface area contributed by atoms with Gasteiger partial charge in [-0.1, -0.05) is 0 Å². The molecule has 2 heterocycles. The molecule has 0 aliphatic rings. The van der Waals surface area contributed by atoms with E-state index in [-0.39, 0.29) is 24.2 Å². The number of hydrogen-bond acceptors (Lipinski definition) is 7. The van der Waals surface area contributed by atoms with Gasteiger partial charge in [-0.25, -0.2) is 4.98 Å². The minimum atomic E-state index is -0.843. The quantitative estimate of drug-likeness (QED) is 0.385. The number of H-pyrrole nitrogens is 2. The van der Waals surface area contributed by atoms with Crippen LogP contribution < -0.4 is 16.6 Å². The number of aromatic nitrogens is 3. The SMILES string of the molecule is CSCC(NCc1c[nH]c2c(=O)[nH]c(N)nc12)C(O)CO. The summed E-state index contributed by atoms with van der Waals surface area (Å²) >= 11 is 1.57. The monoisotopic (exact) mass is 313 g/mol. The molecule has 0 saturated carbocycles. The lowest BCUT2D eigenvalue weighted by molar-refractivity contribution is 0.0689. The highest BCUT2D eigenvalue weighted by atomic mass is 32.2. The van der Waals surface area contributed by atoms with Crippen LogP contribution in [0.15, 0.2) is 11.0 Å². The minimum Gasteiger partial charge on any atom is -0.394 e. The van der Waals surface area contributed by atoms with E-state index in [1.165, 1.54) is 0 Å². The van der Waals surface area contributed by atoms with E-state index in [2.05, 4.69) is 20.3 Å². The van der Waals surface area contributed by atoms with Crippen LogP contribution in [0.5, 0.6) is 0 Å². The predicted octanol–water partition coefficient (Wildman–Crippen LogP) is -0.992. The van der Waals surface area contributed by atoms with Crippen molar-refractivity contribution in [2.75, 3.05) is 24.3 Å². The van der Waals surface area contributed by atoms with Gasteiger partial charge in [0, 0.05) is 30.1 Å². The number of thioether (sulfide) groups is 1. The Bertz CT molecular complexity index is 656. The fourth-order valence-corrected chi connectivity index (χ4v) is 2.77. The summed E-state index contributed by atoms with van der Waals surface area (Å²) in [6.07, 6.45) is 2.76. The Morgan fingerprint density at radius 2 is 2.33 bits per heavy atom. The predicted molar refractivity (Wildman–Crippen MR) is 83.2 cm³/mol. The fraction of sp³-hybridized carbons (Fsp3) is 0.500. The topological polar surface area (TPSA) is 140 Å². The molecule has 0 radical (unpaired) electrons. The number of nitrogen functional groups attached to an aromatic ring is 1. The molecule has 116 valence electrons. The fourth-order valence-electron chi connectivity index (χ4n) is 2.07. The van der Waals surface area contributed by atoms with Crippen molar-refractivity contribution in [2.24, 2.45) is 0 Å². The highest BCUT2D eigenvalue weighted by Crippen LogP contribution is 2.13. The lowest BCUT2D eigenvalue weighted by Crippen LogP contribution is -2.43. The van der Waals surface area contributed by atoms with Crippen molar-refractivity contribution in [3.05, 3.63) is 22.1 Å². The first-order chi connectivity index (χ1) is 10.1. The van der Waals surface area contributed by atoms with Gasteiger partial charge in [-0.2, -0.15) is 11.8 Å². The summed E-state index contributed by atoms with van der Waals surface area (Å²) in [5.41, 5.74) is 6.88. The molecule has 21 heavy (non-hydrogen) atoms. The summed E-state index contributed by atoms with van der Waals surface area (Å²) < 4.78 is 0. The molecule has 0 aromatic carbocycles. The minimum absolute atomic E-state index is 0.0596. The van der Waals surface area contributed by atoms with Gasteiger partial charge >= 0.3 is 0 Å². The van der Waals surface area contributed by atoms with Crippen molar-refractivity contribution in [1.29, 1.82) is 0 Å². The van der Waals surface area contributed by atoms with Gasteiger partial charge in [0.2, 0.25) is 5.95 Å². The number of aromatic amines is 2. The molecule has 0 aliphatic carbocycles. The molecule has 0 fully saturated rings. The van der Waals surface area contributed by atoms with E-state index < -0.39 is 6.10 Å². The highest BCUT2D eigenvalue weighted by molar-refractivity contribution is 7.98. The number of nitrogens with one attached hydrogen (secondary N) is 3. The molecule has 9 heteroatoms. The average molecular weight is 313 g/mol. The van der Waals surface area contributed by atoms with Crippen molar-refractivity contribution in [3.8, 4) is 0 Å². The lowest BCUT2D eigenvalue weighted by Gasteiger charge is -2.21. The first kappa shape index (κ1) is 15.8. The van der Waals surface area contributed by atoms with Crippen LogP contribution in [0.3, 0.4) is 0 Å². The van der Waals surface area contributed by atoms with Crippen molar-refractivity contribution < 1.29 is 10.2 Å². The van der Waals surface area contributed by atoms with E-state index in [9.17, 15) is 9.90 Å². The molecular formula is C12H19N5O3S. The van der Waals surface area contributed by atoms with E-state index in [0.29, 0.717) is 23.3 Å². The van der Waals surface area contributed by atoms with Gasteiger partial charge in [0.05, 0.1) is 12.7 Å². The normalized spacial score (nSPS) is 14.4. The number of nitrogens with two attached hydrogens (primary N) is 1. The standard InChI is InChI=1S/C12H19N5O3S/c1-21-5-7(8(19)4-18)14-2-6-3-15-10-9(6)16-12(13)17-11(10)20/h3,7-8,14-15,18-19H,2,4-5H2,1H3,(H3,13,16,17,20). The second-order valence-corrected chi connectivity index (χ2v) is 5.59. The summed E-state index contributed by atoms with van der Waals surface area (Å²) in [4.78, 5) is 21.1. The molecule has 2 aromatic heterocycles. The third-order valence-electron chi connectivity index (χ3n) is 3.19. The number of aliphatic hydroxyl groups is 2. The summed E-state index contributed by atoms with van der Waals surface area (Å²) in [6.45, 7) is 0.0924. The lowest BCUT2D eigenvalue weighted by atomic mass is 10.2. The third-order valence-corrected chi connectivity index (χ3v) is 3.88. The zero-order valence-electron chi connectivity index (χ0n) is 11.6. The summed E-state index contributed by atoms with van der Waals surface area (Å²) in [5, 5.41) is 22.0. The highest BCUT2D eigenvalue weighted by Gasteiger charge is 2.18. The largest absolute Gasteiger partial charge is 0.394 e. The molecule has 0 bridgehead atoms. The van der Waals surface area contributed by atoms with Crippen LogP contribution in [0.1, 0.15) is 5.56 Å². The molecule has 0 amide bonds. The summed E-state index contributed by atoms with van der Waals surface area (Å²) in [6, 6.07) is -0.255. The van der Waals surface area contributed by atoms with Gasteiger partial charge in [-0.3, -0.25) is 9.78 Å². The molecule has 0 spiro atoms. The van der Waals surface area contributed by atoms with Crippen LogP contribution in [-0.4, -0.2) is 55.9 Å². The number of anilines is 1. The van der Waals surface area contributed by atoms with E-state index >= 15 is 0 Å². The van der Waals surface area contributed by atoms with Crippen LogP contribution in [0.4, 0.5) is 5.95 Å². The first-order valence-electron chi connectivity index (χ1n) is 6.43. The second-order valence-electron chi connectivity index (χ2n) is 4.68. The van der Waals surface area contributed by atoms with Crippen molar-refractivity contribution >= 4 is 28.7 Å². The molecule has 2 rings (SSSR count).